The Morgan fingerprint density at radius 1 is 0.871 bits per heavy atom. The summed E-state index contributed by atoms with van der Waals surface area (Å²) in [5, 5.41) is 0. The normalized spacial score (nSPS) is 28.5. The first-order valence-electron chi connectivity index (χ1n) is 12.0. The lowest BCUT2D eigenvalue weighted by Crippen LogP contribution is -2.34. The Balaban J connectivity index is 1.70. The standard InChI is InChI=1S/C26H37ClO2P2/c1-28-22-16-9-17-23(29-2)24(22)21-15-10-18-26(27,31-20-13-7-4-8-14-20)25(21)30-19-11-5-3-6-12-19/h9-10,15-20,25,30-31H,3-8,11-14H2,1-2H3. The minimum Gasteiger partial charge on any atom is -0.496 e. The average molecular weight is 479 g/mol. The van der Waals surface area contributed by atoms with E-state index in [9.17, 15) is 0 Å². The maximum absolute atomic E-state index is 7.64. The Kier molecular flexibility index (Phi) is 8.41. The number of halogens is 1. The van der Waals surface area contributed by atoms with Crippen molar-refractivity contribution in [2.75, 3.05) is 14.2 Å². The van der Waals surface area contributed by atoms with Gasteiger partial charge in [-0.15, -0.1) is 20.2 Å². The van der Waals surface area contributed by atoms with E-state index in [1.165, 1.54) is 69.8 Å². The second-order valence-electron chi connectivity index (χ2n) is 9.20. The zero-order valence-electron chi connectivity index (χ0n) is 19.0. The van der Waals surface area contributed by atoms with E-state index in [1.807, 2.05) is 6.07 Å². The highest BCUT2D eigenvalue weighted by atomic mass is 35.5. The van der Waals surface area contributed by atoms with Crippen LogP contribution in [0.3, 0.4) is 0 Å². The monoisotopic (exact) mass is 478 g/mol. The van der Waals surface area contributed by atoms with Crippen LogP contribution in [0.25, 0.3) is 5.57 Å². The molecule has 0 aromatic heterocycles. The molecular weight excluding hydrogens is 442 g/mol. The van der Waals surface area contributed by atoms with Gasteiger partial charge in [-0.3, -0.25) is 0 Å². The fourth-order valence-electron chi connectivity index (χ4n) is 5.48. The maximum Gasteiger partial charge on any atom is 0.130 e. The SMILES string of the molecule is COc1cccc(OC)c1C1=CC=CC(Cl)(PC2CCCCC2)C1PC1CCCCC1. The Morgan fingerprint density at radius 2 is 1.45 bits per heavy atom. The lowest BCUT2D eigenvalue weighted by Gasteiger charge is -2.42. The molecule has 1 aromatic rings. The number of ether oxygens (including phenoxy) is 2. The molecule has 0 amide bonds. The van der Waals surface area contributed by atoms with Gasteiger partial charge in [-0.1, -0.05) is 71.4 Å². The van der Waals surface area contributed by atoms with E-state index in [1.54, 1.807) is 14.2 Å². The Bertz CT molecular complexity index is 774. The molecule has 0 bridgehead atoms. The smallest absolute Gasteiger partial charge is 0.130 e. The van der Waals surface area contributed by atoms with Crippen molar-refractivity contribution in [2.45, 2.75) is 85.8 Å². The molecule has 1 aromatic carbocycles. The van der Waals surface area contributed by atoms with Crippen molar-refractivity contribution < 1.29 is 9.47 Å². The number of benzene rings is 1. The van der Waals surface area contributed by atoms with Gasteiger partial charge in [-0.05, 0) is 54.7 Å². The van der Waals surface area contributed by atoms with E-state index in [0.717, 1.165) is 45.5 Å². The largest absolute Gasteiger partial charge is 0.496 e. The van der Waals surface area contributed by atoms with E-state index in [0.29, 0.717) is 5.66 Å². The van der Waals surface area contributed by atoms with Crippen molar-refractivity contribution in [3.63, 3.8) is 0 Å². The summed E-state index contributed by atoms with van der Waals surface area (Å²) in [6.45, 7) is 0. The molecule has 4 atom stereocenters. The number of hydrogen-bond acceptors (Lipinski definition) is 2. The fourth-order valence-corrected chi connectivity index (χ4v) is 10.6. The molecule has 31 heavy (non-hydrogen) atoms. The van der Waals surface area contributed by atoms with E-state index >= 15 is 0 Å². The van der Waals surface area contributed by atoms with E-state index in [4.69, 9.17) is 21.1 Å². The number of methoxy groups -OCH3 is 2. The highest BCUT2D eigenvalue weighted by molar-refractivity contribution is 7.48. The highest BCUT2D eigenvalue weighted by Gasteiger charge is 2.43. The summed E-state index contributed by atoms with van der Waals surface area (Å²) >= 11 is 7.64. The molecule has 0 aliphatic heterocycles. The van der Waals surface area contributed by atoms with Crippen LogP contribution in [0.2, 0.25) is 0 Å². The molecule has 0 saturated heterocycles. The molecule has 170 valence electrons. The van der Waals surface area contributed by atoms with Crippen molar-refractivity contribution in [2.24, 2.45) is 0 Å². The summed E-state index contributed by atoms with van der Waals surface area (Å²) < 4.78 is 11.3. The van der Waals surface area contributed by atoms with Crippen LogP contribution >= 0.6 is 28.8 Å². The molecular formula is C26H37ClO2P2. The van der Waals surface area contributed by atoms with Gasteiger partial charge in [0.15, 0.2) is 0 Å². The number of rotatable bonds is 7. The van der Waals surface area contributed by atoms with Crippen molar-refractivity contribution >= 4 is 34.3 Å². The highest BCUT2D eigenvalue weighted by Crippen LogP contribution is 2.60. The van der Waals surface area contributed by atoms with Crippen LogP contribution in [0.5, 0.6) is 11.5 Å². The van der Waals surface area contributed by atoms with E-state index < -0.39 is 0 Å². The Hall–Kier alpha value is -0.550. The predicted molar refractivity (Wildman–Crippen MR) is 139 cm³/mol. The number of allylic oxidation sites excluding steroid dienone is 4. The van der Waals surface area contributed by atoms with Gasteiger partial charge >= 0.3 is 0 Å². The molecule has 3 aliphatic carbocycles. The van der Waals surface area contributed by atoms with Crippen LogP contribution in [-0.4, -0.2) is 35.8 Å². The van der Waals surface area contributed by atoms with Crippen LogP contribution in [0.1, 0.15) is 69.8 Å². The van der Waals surface area contributed by atoms with Crippen molar-refractivity contribution in [1.29, 1.82) is 0 Å². The maximum atomic E-state index is 7.64. The molecule has 0 heterocycles. The third kappa shape index (κ3) is 5.51. The summed E-state index contributed by atoms with van der Waals surface area (Å²) in [6, 6.07) is 6.12. The third-order valence-electron chi connectivity index (χ3n) is 7.10. The first-order chi connectivity index (χ1) is 15.1. The van der Waals surface area contributed by atoms with Crippen LogP contribution in [0.15, 0.2) is 36.4 Å². The van der Waals surface area contributed by atoms with Gasteiger partial charge < -0.3 is 9.47 Å². The zero-order chi connectivity index (χ0) is 21.7. The quantitative estimate of drug-likeness (QED) is 0.292. The molecule has 2 nitrogen and oxygen atoms in total. The summed E-state index contributed by atoms with van der Waals surface area (Å²) in [4.78, 5) is 0. The third-order valence-corrected chi connectivity index (χ3v) is 12.3. The number of alkyl halides is 1. The summed E-state index contributed by atoms with van der Waals surface area (Å²) in [7, 11) is 5.14. The Labute approximate surface area is 197 Å². The fraction of sp³-hybridized carbons (Fsp3) is 0.615. The minimum atomic E-state index is -0.284. The van der Waals surface area contributed by atoms with Crippen molar-refractivity contribution in [3.8, 4) is 11.5 Å². The summed E-state index contributed by atoms with van der Waals surface area (Å²) in [5.74, 6) is 1.78. The van der Waals surface area contributed by atoms with Gasteiger partial charge in [0, 0.05) is 5.66 Å². The molecule has 2 fully saturated rings. The molecule has 3 aliphatic rings. The van der Waals surface area contributed by atoms with Gasteiger partial charge in [0.25, 0.3) is 0 Å². The lowest BCUT2D eigenvalue weighted by molar-refractivity contribution is 0.391. The zero-order valence-corrected chi connectivity index (χ0v) is 21.7. The van der Waals surface area contributed by atoms with Crippen molar-refractivity contribution in [1.82, 2.24) is 0 Å². The molecule has 0 N–H and O–H groups in total. The lowest BCUT2D eigenvalue weighted by atomic mass is 9.94. The van der Waals surface area contributed by atoms with Gasteiger partial charge in [0.05, 0.1) is 24.4 Å². The van der Waals surface area contributed by atoms with Crippen LogP contribution in [-0.2, 0) is 0 Å². The van der Waals surface area contributed by atoms with Crippen molar-refractivity contribution in [3.05, 3.63) is 42.0 Å². The molecule has 4 unspecified atom stereocenters. The van der Waals surface area contributed by atoms with E-state index in [-0.39, 0.29) is 4.62 Å². The molecule has 2 saturated carbocycles. The first-order valence-corrected chi connectivity index (χ1v) is 14.6. The summed E-state index contributed by atoms with van der Waals surface area (Å²) in [6.07, 6.45) is 20.5. The Morgan fingerprint density at radius 3 is 2.03 bits per heavy atom. The van der Waals surface area contributed by atoms with Gasteiger partial charge in [-0.25, -0.2) is 0 Å². The average Bonchev–Trinajstić information content (AvgIpc) is 2.81. The molecule has 4 rings (SSSR count). The minimum absolute atomic E-state index is 0.284. The van der Waals surface area contributed by atoms with Gasteiger partial charge in [0.2, 0.25) is 0 Å². The van der Waals surface area contributed by atoms with Crippen LogP contribution in [0.4, 0.5) is 0 Å². The molecule has 0 radical (unpaired) electrons. The first kappa shape index (κ1) is 23.6. The van der Waals surface area contributed by atoms with Gasteiger partial charge in [-0.2, -0.15) is 0 Å². The predicted octanol–water partition coefficient (Wildman–Crippen LogP) is 7.98. The summed E-state index contributed by atoms with van der Waals surface area (Å²) in [5.41, 5.74) is 4.31. The van der Waals surface area contributed by atoms with E-state index in [2.05, 4.69) is 30.4 Å². The molecule has 0 spiro atoms. The van der Waals surface area contributed by atoms with Crippen LogP contribution in [0, 0.1) is 0 Å². The van der Waals surface area contributed by atoms with Gasteiger partial charge in [0.1, 0.15) is 11.5 Å². The van der Waals surface area contributed by atoms with Crippen LogP contribution < -0.4 is 9.47 Å². The number of hydrogen-bond donors (Lipinski definition) is 0. The second kappa shape index (κ2) is 11.0. The topological polar surface area (TPSA) is 18.5 Å². The second-order valence-corrected chi connectivity index (χ2v) is 13.8. The molecule has 5 heteroatoms.